The molecule has 2 aliphatic rings. The van der Waals surface area contributed by atoms with Crippen LogP contribution in [0.5, 0.6) is 0 Å². The van der Waals surface area contributed by atoms with E-state index >= 15 is 0 Å². The lowest BCUT2D eigenvalue weighted by Gasteiger charge is -2.34. The maximum absolute atomic E-state index is 14.0. The van der Waals surface area contributed by atoms with E-state index in [4.69, 9.17) is 11.6 Å². The van der Waals surface area contributed by atoms with Crippen LogP contribution in [0.1, 0.15) is 17.7 Å². The van der Waals surface area contributed by atoms with E-state index in [2.05, 4.69) is 20.9 Å². The molecule has 0 N–H and O–H groups in total. The molecule has 2 aliphatic heterocycles. The van der Waals surface area contributed by atoms with Gasteiger partial charge in [-0.1, -0.05) is 23.7 Å². The molecule has 3 heterocycles. The van der Waals surface area contributed by atoms with Crippen molar-refractivity contribution in [3.8, 4) is 0 Å². The minimum Gasteiger partial charge on any atom is -0.293 e. The minimum atomic E-state index is -0.203. The fourth-order valence-corrected chi connectivity index (χ4v) is 4.03. The average Bonchev–Trinajstić information content (AvgIpc) is 3.12. The van der Waals surface area contributed by atoms with Crippen LogP contribution < -0.4 is 0 Å². The summed E-state index contributed by atoms with van der Waals surface area (Å²) in [6, 6.07) is 12.0. The molecule has 0 amide bonds. The van der Waals surface area contributed by atoms with Gasteiger partial charge in [-0.15, -0.1) is 0 Å². The minimum absolute atomic E-state index is 0.203. The monoisotopic (exact) mass is 331 g/mol. The molecule has 0 radical (unpaired) electrons. The van der Waals surface area contributed by atoms with Gasteiger partial charge >= 0.3 is 0 Å². The van der Waals surface area contributed by atoms with Crippen LogP contribution in [0.15, 0.2) is 42.6 Å². The number of pyridine rings is 1. The Labute approximate surface area is 140 Å². The molecular weight excluding hydrogens is 313 g/mol. The molecule has 1 aromatic carbocycles. The Balaban J connectivity index is 1.41. The number of hydrogen-bond donors (Lipinski definition) is 0. The van der Waals surface area contributed by atoms with Gasteiger partial charge in [0.15, 0.2) is 0 Å². The second-order valence-corrected chi connectivity index (χ2v) is 6.83. The third kappa shape index (κ3) is 2.99. The van der Waals surface area contributed by atoms with Crippen LogP contribution in [0.3, 0.4) is 0 Å². The number of likely N-dealkylation sites (tertiary alicyclic amines) is 2. The molecule has 2 aromatic rings. The van der Waals surface area contributed by atoms with Gasteiger partial charge in [-0.25, -0.2) is 4.39 Å². The van der Waals surface area contributed by atoms with Crippen molar-refractivity contribution < 1.29 is 4.39 Å². The summed E-state index contributed by atoms with van der Waals surface area (Å²) >= 11 is 6.16. The van der Waals surface area contributed by atoms with Crippen molar-refractivity contribution in [1.82, 2.24) is 14.8 Å². The maximum atomic E-state index is 14.0. The fraction of sp³-hybridized carbons (Fsp3) is 0.389. The van der Waals surface area contributed by atoms with E-state index in [-0.39, 0.29) is 5.82 Å². The predicted octanol–water partition coefficient (Wildman–Crippen LogP) is 3.33. The standard InChI is InChI=1S/C18H19ClFN3/c19-17-5-3-6-18(20)16(17)12-23-11-14-8-15(23)10-22(14)9-13-4-1-2-7-21-13/h1-7,14-15H,8-12H2. The maximum Gasteiger partial charge on any atom is 0.129 e. The van der Waals surface area contributed by atoms with Crippen molar-refractivity contribution >= 4 is 11.6 Å². The summed E-state index contributed by atoms with van der Waals surface area (Å²) in [5.41, 5.74) is 1.74. The molecule has 3 nitrogen and oxygen atoms in total. The van der Waals surface area contributed by atoms with Crippen LogP contribution in [-0.2, 0) is 13.1 Å². The van der Waals surface area contributed by atoms with Gasteiger partial charge in [-0.2, -0.15) is 0 Å². The van der Waals surface area contributed by atoms with E-state index in [9.17, 15) is 4.39 Å². The zero-order chi connectivity index (χ0) is 15.8. The number of piperazine rings is 1. The number of halogens is 2. The summed E-state index contributed by atoms with van der Waals surface area (Å²) in [6.45, 7) is 3.50. The van der Waals surface area contributed by atoms with Crippen LogP contribution in [0.25, 0.3) is 0 Å². The lowest BCUT2D eigenvalue weighted by atomic mass is 10.1. The molecule has 2 bridgehead atoms. The Morgan fingerprint density at radius 2 is 1.83 bits per heavy atom. The number of aromatic nitrogens is 1. The number of fused-ring (bicyclic) bond motifs is 2. The van der Waals surface area contributed by atoms with Gasteiger partial charge in [0.25, 0.3) is 0 Å². The third-order valence-corrected chi connectivity index (χ3v) is 5.34. The Hall–Kier alpha value is -1.49. The Morgan fingerprint density at radius 3 is 2.48 bits per heavy atom. The highest BCUT2D eigenvalue weighted by Gasteiger charge is 2.43. The first-order valence-electron chi connectivity index (χ1n) is 8.01. The normalized spacial score (nSPS) is 24.4. The van der Waals surface area contributed by atoms with Crippen LogP contribution in [0, 0.1) is 5.82 Å². The van der Waals surface area contributed by atoms with Crippen molar-refractivity contribution in [3.63, 3.8) is 0 Å². The van der Waals surface area contributed by atoms with Gasteiger partial charge in [-0.05, 0) is 30.7 Å². The first kappa shape index (κ1) is 15.1. The van der Waals surface area contributed by atoms with Crippen LogP contribution in [0.2, 0.25) is 5.02 Å². The molecule has 0 saturated carbocycles. The lowest BCUT2D eigenvalue weighted by Crippen LogP contribution is -2.45. The third-order valence-electron chi connectivity index (χ3n) is 4.98. The molecule has 0 spiro atoms. The molecule has 23 heavy (non-hydrogen) atoms. The van der Waals surface area contributed by atoms with Gasteiger partial charge in [0.2, 0.25) is 0 Å². The first-order chi connectivity index (χ1) is 11.2. The second-order valence-electron chi connectivity index (χ2n) is 6.42. The van der Waals surface area contributed by atoms with Crippen molar-refractivity contribution in [2.45, 2.75) is 31.6 Å². The van der Waals surface area contributed by atoms with E-state index in [1.54, 1.807) is 12.1 Å². The predicted molar refractivity (Wildman–Crippen MR) is 88.7 cm³/mol. The fourth-order valence-electron chi connectivity index (χ4n) is 3.81. The molecule has 120 valence electrons. The highest BCUT2D eigenvalue weighted by molar-refractivity contribution is 6.31. The molecule has 2 saturated heterocycles. The Kier molecular flexibility index (Phi) is 4.05. The number of nitrogens with zero attached hydrogens (tertiary/aromatic N) is 3. The van der Waals surface area contributed by atoms with Gasteiger partial charge in [0.1, 0.15) is 5.82 Å². The Morgan fingerprint density at radius 1 is 1.04 bits per heavy atom. The van der Waals surface area contributed by atoms with E-state index in [1.165, 1.54) is 6.07 Å². The summed E-state index contributed by atoms with van der Waals surface area (Å²) in [4.78, 5) is 9.27. The largest absolute Gasteiger partial charge is 0.293 e. The van der Waals surface area contributed by atoms with Crippen molar-refractivity contribution in [2.24, 2.45) is 0 Å². The van der Waals surface area contributed by atoms with E-state index in [1.807, 2.05) is 18.3 Å². The van der Waals surface area contributed by atoms with Crippen molar-refractivity contribution in [1.29, 1.82) is 0 Å². The molecule has 0 aliphatic carbocycles. The summed E-state index contributed by atoms with van der Waals surface area (Å²) in [5.74, 6) is -0.203. The Bertz CT molecular complexity index is 674. The van der Waals surface area contributed by atoms with Crippen LogP contribution in [-0.4, -0.2) is 40.0 Å². The van der Waals surface area contributed by atoms with E-state index in [0.29, 0.717) is 29.2 Å². The van der Waals surface area contributed by atoms with Crippen LogP contribution >= 0.6 is 11.6 Å². The second kappa shape index (κ2) is 6.19. The average molecular weight is 332 g/mol. The van der Waals surface area contributed by atoms with Gasteiger partial charge < -0.3 is 0 Å². The highest BCUT2D eigenvalue weighted by atomic mass is 35.5. The van der Waals surface area contributed by atoms with Crippen molar-refractivity contribution in [3.05, 3.63) is 64.7 Å². The quantitative estimate of drug-likeness (QED) is 0.856. The molecule has 2 fully saturated rings. The lowest BCUT2D eigenvalue weighted by molar-refractivity contribution is 0.116. The summed E-state index contributed by atoms with van der Waals surface area (Å²) in [6.07, 6.45) is 3.00. The van der Waals surface area contributed by atoms with Gasteiger partial charge in [-0.3, -0.25) is 14.8 Å². The summed E-state index contributed by atoms with van der Waals surface area (Å²) in [5, 5.41) is 0.526. The van der Waals surface area contributed by atoms with E-state index in [0.717, 1.165) is 31.7 Å². The molecule has 2 unspecified atom stereocenters. The smallest absolute Gasteiger partial charge is 0.129 e. The highest BCUT2D eigenvalue weighted by Crippen LogP contribution is 2.34. The zero-order valence-electron chi connectivity index (χ0n) is 12.8. The van der Waals surface area contributed by atoms with Crippen molar-refractivity contribution in [2.75, 3.05) is 13.1 Å². The number of benzene rings is 1. The SMILES string of the molecule is Fc1cccc(Cl)c1CN1CC2CC1CN2Cc1ccccn1. The topological polar surface area (TPSA) is 19.4 Å². The summed E-state index contributed by atoms with van der Waals surface area (Å²) in [7, 11) is 0. The molecule has 5 heteroatoms. The van der Waals surface area contributed by atoms with E-state index < -0.39 is 0 Å². The summed E-state index contributed by atoms with van der Waals surface area (Å²) < 4.78 is 14.0. The molecule has 2 atom stereocenters. The molecule has 1 aromatic heterocycles. The van der Waals surface area contributed by atoms with Gasteiger partial charge in [0.05, 0.1) is 5.69 Å². The number of rotatable bonds is 4. The van der Waals surface area contributed by atoms with Crippen LogP contribution in [0.4, 0.5) is 4.39 Å². The molecular formula is C18H19ClFN3. The van der Waals surface area contributed by atoms with Gasteiger partial charge in [0, 0.05) is 55.0 Å². The zero-order valence-corrected chi connectivity index (χ0v) is 13.6. The number of hydrogen-bond acceptors (Lipinski definition) is 3. The first-order valence-corrected chi connectivity index (χ1v) is 8.39. The molecule has 4 rings (SSSR count).